The average Bonchev–Trinajstić information content (AvgIpc) is 2.99. The number of allylic oxidation sites excluding steroid dienone is 2. The number of ketones is 3. The van der Waals surface area contributed by atoms with Crippen molar-refractivity contribution in [2.75, 3.05) is 0 Å². The Labute approximate surface area is 219 Å². The Balaban J connectivity index is 1.77. The predicted octanol–water partition coefficient (Wildman–Crippen LogP) is 4.05. The summed E-state index contributed by atoms with van der Waals surface area (Å²) in [7, 11) is 0. The van der Waals surface area contributed by atoms with Crippen molar-refractivity contribution >= 4 is 23.3 Å². The molecular weight excluding hydrogens is 472 g/mol. The van der Waals surface area contributed by atoms with Crippen LogP contribution in [0.3, 0.4) is 0 Å². The van der Waals surface area contributed by atoms with E-state index in [1.165, 1.54) is 6.92 Å². The van der Waals surface area contributed by atoms with Crippen LogP contribution in [-0.2, 0) is 19.2 Å². The van der Waals surface area contributed by atoms with Crippen molar-refractivity contribution in [1.29, 1.82) is 0 Å². The summed E-state index contributed by atoms with van der Waals surface area (Å²) in [5, 5.41) is 32.3. The smallest absolute Gasteiger partial charge is 0.331 e. The molecule has 37 heavy (non-hydrogen) atoms. The Morgan fingerprint density at radius 1 is 1.08 bits per heavy atom. The van der Waals surface area contributed by atoms with E-state index < -0.39 is 39.8 Å². The van der Waals surface area contributed by atoms with E-state index in [9.17, 15) is 29.4 Å². The fourth-order valence-electron chi connectivity index (χ4n) is 9.01. The SMILES string of the molecule is C/C(=C\C(=O)C[C@@H](C)[C@H]1C[C@H](O)[C@@]2(C)C3=C(C(=O)C[C@]12C)[C@@]1(C)CCC(=O)C(C)(C)C1C[C@@H]3O)C(=O)O. The van der Waals surface area contributed by atoms with Crippen molar-refractivity contribution in [3.05, 3.63) is 22.8 Å². The summed E-state index contributed by atoms with van der Waals surface area (Å²) in [6.07, 6.45) is 1.45. The molecular formula is C30H42O7. The van der Waals surface area contributed by atoms with E-state index in [4.69, 9.17) is 5.11 Å². The van der Waals surface area contributed by atoms with Gasteiger partial charge in [0.15, 0.2) is 11.6 Å². The standard InChI is InChI=1S/C30H42O7/c1-15(10-17(31)11-16(2)26(36)37)18-12-23(35)30(7)25-19(32)13-21-27(3,4)22(34)8-9-28(21,5)24(25)20(33)14-29(18,30)6/h11,15,18-19,21,23,32,35H,8-10,12-14H2,1-7H3,(H,36,37)/b16-11+/t15-,18-,19+,21?,23+,28+,29-,30+/m1/s1. The molecule has 2 saturated carbocycles. The first-order chi connectivity index (χ1) is 16.9. The Hall–Kier alpha value is -2.12. The molecule has 0 aromatic rings. The molecule has 0 radical (unpaired) electrons. The number of Topliss-reactive ketones (excluding diaryl/α,β-unsaturated/α-hetero) is 2. The van der Waals surface area contributed by atoms with Gasteiger partial charge in [-0.3, -0.25) is 14.4 Å². The number of carboxylic acids is 1. The number of hydrogen-bond donors (Lipinski definition) is 3. The highest BCUT2D eigenvalue weighted by atomic mass is 16.4. The van der Waals surface area contributed by atoms with Crippen LogP contribution in [0.25, 0.3) is 0 Å². The monoisotopic (exact) mass is 514 g/mol. The number of fused-ring (bicyclic) bond motifs is 4. The van der Waals surface area contributed by atoms with Gasteiger partial charge in [-0.1, -0.05) is 41.5 Å². The summed E-state index contributed by atoms with van der Waals surface area (Å²) < 4.78 is 0. The fraction of sp³-hybridized carbons (Fsp3) is 0.733. The second-order valence-electron chi connectivity index (χ2n) is 13.5. The maximum Gasteiger partial charge on any atom is 0.331 e. The summed E-state index contributed by atoms with van der Waals surface area (Å²) in [4.78, 5) is 50.7. The fourth-order valence-corrected chi connectivity index (χ4v) is 9.01. The number of hydrogen-bond acceptors (Lipinski definition) is 6. The second kappa shape index (κ2) is 8.70. The molecule has 0 spiro atoms. The number of aliphatic carboxylic acids is 1. The minimum absolute atomic E-state index is 0.0226. The Morgan fingerprint density at radius 2 is 1.70 bits per heavy atom. The van der Waals surface area contributed by atoms with Crippen molar-refractivity contribution in [2.45, 2.75) is 99.2 Å². The molecule has 2 fully saturated rings. The van der Waals surface area contributed by atoms with Crippen LogP contribution < -0.4 is 0 Å². The summed E-state index contributed by atoms with van der Waals surface area (Å²) in [6.45, 7) is 13.2. The Morgan fingerprint density at radius 3 is 2.30 bits per heavy atom. The van der Waals surface area contributed by atoms with Gasteiger partial charge in [-0.2, -0.15) is 0 Å². The number of aliphatic hydroxyl groups excluding tert-OH is 2. The summed E-state index contributed by atoms with van der Waals surface area (Å²) >= 11 is 0. The lowest BCUT2D eigenvalue weighted by molar-refractivity contribution is -0.146. The topological polar surface area (TPSA) is 129 Å². The molecule has 0 heterocycles. The third kappa shape index (κ3) is 3.75. The van der Waals surface area contributed by atoms with Crippen LogP contribution in [0.5, 0.6) is 0 Å². The number of rotatable bonds is 5. The van der Waals surface area contributed by atoms with Crippen LogP contribution in [0.15, 0.2) is 22.8 Å². The van der Waals surface area contributed by atoms with Gasteiger partial charge in [0.2, 0.25) is 0 Å². The first-order valence-electron chi connectivity index (χ1n) is 13.5. The summed E-state index contributed by atoms with van der Waals surface area (Å²) in [5.41, 5.74) is -1.50. The van der Waals surface area contributed by atoms with Crippen molar-refractivity contribution in [2.24, 2.45) is 39.4 Å². The van der Waals surface area contributed by atoms with Crippen LogP contribution in [0.1, 0.15) is 87.0 Å². The van der Waals surface area contributed by atoms with Crippen molar-refractivity contribution < 1.29 is 34.5 Å². The molecule has 7 nitrogen and oxygen atoms in total. The predicted molar refractivity (Wildman–Crippen MR) is 137 cm³/mol. The van der Waals surface area contributed by atoms with Crippen LogP contribution in [0, 0.1) is 39.4 Å². The van der Waals surface area contributed by atoms with E-state index >= 15 is 0 Å². The van der Waals surface area contributed by atoms with Gasteiger partial charge in [-0.05, 0) is 61.0 Å². The molecule has 4 rings (SSSR count). The molecule has 0 aliphatic heterocycles. The van der Waals surface area contributed by atoms with E-state index in [0.29, 0.717) is 36.8 Å². The largest absolute Gasteiger partial charge is 0.478 e. The maximum absolute atomic E-state index is 14.1. The lowest BCUT2D eigenvalue weighted by Crippen LogP contribution is -2.60. The highest BCUT2D eigenvalue weighted by molar-refractivity contribution is 6.01. The zero-order valence-corrected chi connectivity index (χ0v) is 23.2. The third-order valence-electron chi connectivity index (χ3n) is 11.3. The first kappa shape index (κ1) is 27.9. The Bertz CT molecular complexity index is 1130. The van der Waals surface area contributed by atoms with Crippen molar-refractivity contribution in [3.63, 3.8) is 0 Å². The van der Waals surface area contributed by atoms with Crippen LogP contribution in [0.2, 0.25) is 0 Å². The second-order valence-corrected chi connectivity index (χ2v) is 13.5. The van der Waals surface area contributed by atoms with Crippen LogP contribution >= 0.6 is 0 Å². The molecule has 1 unspecified atom stereocenters. The molecule has 0 aromatic heterocycles. The molecule has 0 aromatic carbocycles. The maximum atomic E-state index is 14.1. The van der Waals surface area contributed by atoms with Crippen LogP contribution in [0.4, 0.5) is 0 Å². The van der Waals surface area contributed by atoms with Gasteiger partial charge in [-0.15, -0.1) is 0 Å². The summed E-state index contributed by atoms with van der Waals surface area (Å²) in [5.74, 6) is -1.82. The van der Waals surface area contributed by atoms with Gasteiger partial charge >= 0.3 is 5.97 Å². The summed E-state index contributed by atoms with van der Waals surface area (Å²) in [6, 6.07) is 0. The molecule has 3 N–H and O–H groups in total. The van der Waals surface area contributed by atoms with E-state index in [-0.39, 0.29) is 53.5 Å². The molecule has 4 aliphatic rings. The highest BCUT2D eigenvalue weighted by Gasteiger charge is 2.70. The van der Waals surface area contributed by atoms with Gasteiger partial charge in [0.1, 0.15) is 5.78 Å². The lowest BCUT2D eigenvalue weighted by Gasteiger charge is -2.61. The van der Waals surface area contributed by atoms with E-state index in [1.807, 2.05) is 34.6 Å². The molecule has 0 bridgehead atoms. The van der Waals surface area contributed by atoms with Gasteiger partial charge in [0.05, 0.1) is 12.2 Å². The zero-order valence-electron chi connectivity index (χ0n) is 23.2. The minimum Gasteiger partial charge on any atom is -0.478 e. The number of carbonyl (C=O) groups is 4. The van der Waals surface area contributed by atoms with Crippen molar-refractivity contribution in [1.82, 2.24) is 0 Å². The minimum atomic E-state index is -1.14. The molecule has 4 aliphatic carbocycles. The molecule has 7 heteroatoms. The number of carbonyl (C=O) groups excluding carboxylic acids is 3. The molecule has 0 saturated heterocycles. The van der Waals surface area contributed by atoms with Crippen LogP contribution in [-0.4, -0.2) is 50.8 Å². The lowest BCUT2D eigenvalue weighted by atomic mass is 9.42. The van der Waals surface area contributed by atoms with Gasteiger partial charge < -0.3 is 15.3 Å². The highest BCUT2D eigenvalue weighted by Crippen LogP contribution is 2.71. The molecule has 0 amide bonds. The number of carboxylic acid groups (broad SMARTS) is 1. The molecule has 204 valence electrons. The Kier molecular flexibility index (Phi) is 6.56. The first-order valence-corrected chi connectivity index (χ1v) is 13.5. The molecule has 8 atom stereocenters. The van der Waals surface area contributed by atoms with E-state index in [1.54, 1.807) is 0 Å². The average molecular weight is 515 g/mol. The normalized spacial score (nSPS) is 42.1. The number of aliphatic hydroxyl groups is 2. The van der Waals surface area contributed by atoms with E-state index in [0.717, 1.165) is 6.08 Å². The van der Waals surface area contributed by atoms with Gasteiger partial charge in [0.25, 0.3) is 0 Å². The quantitative estimate of drug-likeness (QED) is 0.472. The van der Waals surface area contributed by atoms with Gasteiger partial charge in [0, 0.05) is 46.7 Å². The zero-order chi connectivity index (χ0) is 27.9. The van der Waals surface area contributed by atoms with Crippen molar-refractivity contribution in [3.8, 4) is 0 Å². The van der Waals surface area contributed by atoms with Gasteiger partial charge in [-0.25, -0.2) is 4.79 Å². The third-order valence-corrected chi connectivity index (χ3v) is 11.3. The van der Waals surface area contributed by atoms with E-state index in [2.05, 4.69) is 6.92 Å².